The van der Waals surface area contributed by atoms with Gasteiger partial charge in [0.25, 0.3) is 5.91 Å². The number of alkyl halides is 2. The normalized spacial score (nSPS) is 21.0. The molecule has 3 heterocycles. The van der Waals surface area contributed by atoms with E-state index in [0.717, 1.165) is 30.3 Å². The maximum Gasteiger partial charge on any atom is 0.319 e. The lowest BCUT2D eigenvalue weighted by Crippen LogP contribution is -2.44. The van der Waals surface area contributed by atoms with Crippen LogP contribution in [0.1, 0.15) is 54.8 Å². The van der Waals surface area contributed by atoms with Crippen LogP contribution in [0.5, 0.6) is 0 Å². The number of piperidine rings is 1. The van der Waals surface area contributed by atoms with Crippen LogP contribution in [0.4, 0.5) is 8.78 Å². The smallest absolute Gasteiger partial charge is 0.319 e. The molecule has 0 saturated carbocycles. The summed E-state index contributed by atoms with van der Waals surface area (Å²) in [6, 6.07) is 3.02. The second kappa shape index (κ2) is 6.53. The molecular weight excluding hydrogens is 316 g/mol. The van der Waals surface area contributed by atoms with Gasteiger partial charge in [0.15, 0.2) is 0 Å². The molecule has 1 aromatic rings. The van der Waals surface area contributed by atoms with Crippen molar-refractivity contribution in [2.24, 2.45) is 5.41 Å². The fourth-order valence-corrected chi connectivity index (χ4v) is 3.89. The van der Waals surface area contributed by atoms with Crippen molar-refractivity contribution in [2.45, 2.75) is 45.6 Å². The van der Waals surface area contributed by atoms with Crippen LogP contribution in [-0.2, 0) is 4.79 Å². The first-order valence-electron chi connectivity index (χ1n) is 8.44. The summed E-state index contributed by atoms with van der Waals surface area (Å²) in [5.74, 6) is -0.239. The van der Waals surface area contributed by atoms with E-state index in [2.05, 4.69) is 5.32 Å². The molecule has 2 saturated heterocycles. The van der Waals surface area contributed by atoms with Crippen molar-refractivity contribution in [2.75, 3.05) is 19.6 Å². The maximum absolute atomic E-state index is 13.2. The van der Waals surface area contributed by atoms with Crippen LogP contribution in [0.2, 0.25) is 0 Å². The van der Waals surface area contributed by atoms with E-state index in [1.165, 1.54) is 6.07 Å². The van der Waals surface area contributed by atoms with Gasteiger partial charge in [0.1, 0.15) is 5.69 Å². The fourth-order valence-electron chi connectivity index (χ4n) is 3.89. The molecule has 1 spiro atoms. The summed E-state index contributed by atoms with van der Waals surface area (Å²) in [6.45, 7) is 0.652. The Labute approximate surface area is 140 Å². The van der Waals surface area contributed by atoms with Gasteiger partial charge in [-0.05, 0) is 50.2 Å². The Morgan fingerprint density at radius 1 is 1.21 bits per heavy atom. The highest BCUT2D eigenvalue weighted by molar-refractivity contribution is 5.93. The van der Waals surface area contributed by atoms with Gasteiger partial charge < -0.3 is 10.2 Å². The van der Waals surface area contributed by atoms with Crippen LogP contribution in [-0.4, -0.2) is 40.9 Å². The van der Waals surface area contributed by atoms with Gasteiger partial charge in [-0.1, -0.05) is 0 Å². The molecule has 2 amide bonds. The summed E-state index contributed by atoms with van der Waals surface area (Å²) in [5.41, 5.74) is 0.530. The minimum atomic E-state index is -2.71. The summed E-state index contributed by atoms with van der Waals surface area (Å²) in [4.78, 5) is 25.8. The number of halogens is 2. The van der Waals surface area contributed by atoms with Crippen LogP contribution in [0, 0.1) is 12.3 Å². The number of hydrogen-bond acceptors (Lipinski definition) is 2. The van der Waals surface area contributed by atoms with E-state index in [4.69, 9.17) is 0 Å². The number of aryl methyl sites for hydroxylation is 1. The van der Waals surface area contributed by atoms with Crippen molar-refractivity contribution in [1.82, 2.24) is 14.8 Å². The van der Waals surface area contributed by atoms with Crippen LogP contribution in [0.15, 0.2) is 12.1 Å². The SMILES string of the molecule is Cc1ccc(C(=O)N2CCC3(CCNC(=O)CC3)CC2)n1C(F)F. The largest absolute Gasteiger partial charge is 0.356 e. The Kier molecular flexibility index (Phi) is 4.60. The quantitative estimate of drug-likeness (QED) is 0.901. The number of rotatable bonds is 2. The summed E-state index contributed by atoms with van der Waals surface area (Å²) in [6.07, 6.45) is 3.94. The molecule has 3 rings (SSSR count). The number of hydrogen-bond donors (Lipinski definition) is 1. The van der Waals surface area contributed by atoms with Gasteiger partial charge in [-0.15, -0.1) is 0 Å². The van der Waals surface area contributed by atoms with Crippen molar-refractivity contribution in [3.05, 3.63) is 23.5 Å². The maximum atomic E-state index is 13.2. The molecule has 2 fully saturated rings. The minimum Gasteiger partial charge on any atom is -0.356 e. The van der Waals surface area contributed by atoms with Gasteiger partial charge in [-0.2, -0.15) is 8.78 Å². The van der Waals surface area contributed by atoms with E-state index in [-0.39, 0.29) is 22.9 Å². The minimum absolute atomic E-state index is 0.0520. The van der Waals surface area contributed by atoms with Crippen molar-refractivity contribution in [1.29, 1.82) is 0 Å². The molecule has 24 heavy (non-hydrogen) atoms. The number of nitrogens with one attached hydrogen (secondary N) is 1. The number of aromatic nitrogens is 1. The highest BCUT2D eigenvalue weighted by Gasteiger charge is 2.38. The third-order valence-corrected chi connectivity index (χ3v) is 5.51. The molecule has 132 valence electrons. The van der Waals surface area contributed by atoms with Crippen LogP contribution in [0.25, 0.3) is 0 Å². The lowest BCUT2D eigenvalue weighted by Gasteiger charge is -2.41. The number of carbonyl (C=O) groups is 2. The molecule has 5 nitrogen and oxygen atoms in total. The molecule has 2 aliphatic heterocycles. The molecule has 0 aliphatic carbocycles. The molecule has 2 aliphatic rings. The fraction of sp³-hybridized carbons (Fsp3) is 0.647. The van der Waals surface area contributed by atoms with Crippen LogP contribution < -0.4 is 5.32 Å². The lowest BCUT2D eigenvalue weighted by molar-refractivity contribution is -0.121. The highest BCUT2D eigenvalue weighted by atomic mass is 19.3. The lowest BCUT2D eigenvalue weighted by atomic mass is 9.73. The van der Waals surface area contributed by atoms with E-state index in [0.29, 0.717) is 31.7 Å². The second-order valence-electron chi connectivity index (χ2n) is 6.90. The first kappa shape index (κ1) is 16.9. The molecule has 0 atom stereocenters. The standard InChI is InChI=1S/C17H23F2N3O2/c1-12-2-3-13(22(12)16(18)19)15(24)21-10-7-17(8-11-21)5-4-14(23)20-9-6-17/h2-3,16H,4-11H2,1H3,(H,20,23). The molecular formula is C17H23F2N3O2. The van der Waals surface area contributed by atoms with Crippen LogP contribution in [0.3, 0.4) is 0 Å². The zero-order valence-electron chi connectivity index (χ0n) is 13.9. The van der Waals surface area contributed by atoms with E-state index < -0.39 is 6.55 Å². The summed E-state index contributed by atoms with van der Waals surface area (Å²) >= 11 is 0. The number of nitrogens with zero attached hydrogens (tertiary/aromatic N) is 2. The molecule has 7 heteroatoms. The average molecular weight is 339 g/mol. The third-order valence-electron chi connectivity index (χ3n) is 5.51. The second-order valence-corrected chi connectivity index (χ2v) is 6.90. The Hall–Kier alpha value is -1.92. The van der Waals surface area contributed by atoms with Gasteiger partial charge in [-0.3, -0.25) is 14.2 Å². The summed E-state index contributed by atoms with van der Waals surface area (Å²) in [5, 5.41) is 2.89. The Morgan fingerprint density at radius 3 is 2.58 bits per heavy atom. The van der Waals surface area contributed by atoms with Gasteiger partial charge in [-0.25, -0.2) is 0 Å². The molecule has 0 unspecified atom stereocenters. The summed E-state index contributed by atoms with van der Waals surface area (Å²) in [7, 11) is 0. The van der Waals surface area contributed by atoms with Crippen molar-refractivity contribution >= 4 is 11.8 Å². The van der Waals surface area contributed by atoms with E-state index in [1.54, 1.807) is 17.9 Å². The number of amides is 2. The monoisotopic (exact) mass is 339 g/mol. The Balaban J connectivity index is 1.68. The van der Waals surface area contributed by atoms with Gasteiger partial charge in [0.05, 0.1) is 0 Å². The van der Waals surface area contributed by atoms with Crippen molar-refractivity contribution in [3.63, 3.8) is 0 Å². The van der Waals surface area contributed by atoms with Gasteiger partial charge in [0, 0.05) is 31.7 Å². The molecule has 0 radical (unpaired) electrons. The average Bonchev–Trinajstić information content (AvgIpc) is 2.86. The van der Waals surface area contributed by atoms with Crippen molar-refractivity contribution in [3.8, 4) is 0 Å². The Morgan fingerprint density at radius 2 is 1.92 bits per heavy atom. The van der Waals surface area contributed by atoms with E-state index >= 15 is 0 Å². The first-order valence-corrected chi connectivity index (χ1v) is 8.44. The third kappa shape index (κ3) is 3.16. The Bertz CT molecular complexity index is 634. The zero-order valence-corrected chi connectivity index (χ0v) is 13.9. The summed E-state index contributed by atoms with van der Waals surface area (Å²) < 4.78 is 27.1. The zero-order chi connectivity index (χ0) is 17.3. The van der Waals surface area contributed by atoms with E-state index in [1.807, 2.05) is 0 Å². The molecule has 0 bridgehead atoms. The molecule has 0 aromatic carbocycles. The highest BCUT2D eigenvalue weighted by Crippen LogP contribution is 2.40. The predicted molar refractivity (Wildman–Crippen MR) is 84.9 cm³/mol. The predicted octanol–water partition coefficient (Wildman–Crippen LogP) is 2.71. The topological polar surface area (TPSA) is 54.3 Å². The van der Waals surface area contributed by atoms with E-state index in [9.17, 15) is 18.4 Å². The van der Waals surface area contributed by atoms with Gasteiger partial charge >= 0.3 is 6.55 Å². The molecule has 1 aromatic heterocycles. The number of carbonyl (C=O) groups excluding carboxylic acids is 2. The van der Waals surface area contributed by atoms with Crippen LogP contribution >= 0.6 is 0 Å². The van der Waals surface area contributed by atoms with Crippen molar-refractivity contribution < 1.29 is 18.4 Å². The number of likely N-dealkylation sites (tertiary alicyclic amines) is 1. The molecule has 1 N–H and O–H groups in total. The first-order chi connectivity index (χ1) is 11.4. The van der Waals surface area contributed by atoms with Gasteiger partial charge in [0.2, 0.25) is 5.91 Å².